The quantitative estimate of drug-likeness (QED) is 0.825. The summed E-state index contributed by atoms with van der Waals surface area (Å²) in [7, 11) is 1.78. The SMILES string of the molecule is CN(Cc1ccccc1)C(=O)c1ccccc1Cl. The minimum absolute atomic E-state index is 0.0653. The van der Waals surface area contributed by atoms with Gasteiger partial charge >= 0.3 is 0 Å². The minimum Gasteiger partial charge on any atom is -0.337 e. The van der Waals surface area contributed by atoms with E-state index in [0.717, 1.165) is 5.56 Å². The van der Waals surface area contributed by atoms with Gasteiger partial charge in [-0.25, -0.2) is 0 Å². The third kappa shape index (κ3) is 2.90. The normalized spacial score (nSPS) is 10.1. The van der Waals surface area contributed by atoms with Gasteiger partial charge in [-0.3, -0.25) is 4.79 Å². The van der Waals surface area contributed by atoms with Gasteiger partial charge in [0.2, 0.25) is 0 Å². The van der Waals surface area contributed by atoms with Crippen LogP contribution in [0.1, 0.15) is 15.9 Å². The molecule has 3 heteroatoms. The van der Waals surface area contributed by atoms with Gasteiger partial charge in [0, 0.05) is 13.6 Å². The van der Waals surface area contributed by atoms with Crippen LogP contribution in [0.3, 0.4) is 0 Å². The average molecular weight is 260 g/mol. The fourth-order valence-corrected chi connectivity index (χ4v) is 1.99. The summed E-state index contributed by atoms with van der Waals surface area (Å²) in [6.45, 7) is 0.574. The topological polar surface area (TPSA) is 20.3 Å². The summed E-state index contributed by atoms with van der Waals surface area (Å²) in [5.74, 6) is -0.0653. The Morgan fingerprint density at radius 1 is 1.06 bits per heavy atom. The standard InChI is InChI=1S/C15H14ClNO/c1-17(11-12-7-3-2-4-8-12)15(18)13-9-5-6-10-14(13)16/h2-10H,11H2,1H3. The molecule has 0 bridgehead atoms. The molecule has 0 unspecified atom stereocenters. The summed E-state index contributed by atoms with van der Waals surface area (Å²) in [5, 5.41) is 0.488. The molecule has 2 aromatic carbocycles. The summed E-state index contributed by atoms with van der Waals surface area (Å²) in [5.41, 5.74) is 1.64. The van der Waals surface area contributed by atoms with E-state index in [0.29, 0.717) is 17.1 Å². The van der Waals surface area contributed by atoms with Gasteiger partial charge in [-0.15, -0.1) is 0 Å². The lowest BCUT2D eigenvalue weighted by molar-refractivity contribution is 0.0785. The molecule has 0 fully saturated rings. The number of carbonyl (C=O) groups is 1. The molecule has 0 heterocycles. The predicted molar refractivity (Wildman–Crippen MR) is 73.7 cm³/mol. The maximum atomic E-state index is 12.2. The molecule has 0 aromatic heterocycles. The highest BCUT2D eigenvalue weighted by atomic mass is 35.5. The molecule has 1 amide bonds. The number of benzene rings is 2. The smallest absolute Gasteiger partial charge is 0.255 e. The lowest BCUT2D eigenvalue weighted by Gasteiger charge is -2.17. The molecular weight excluding hydrogens is 246 g/mol. The highest BCUT2D eigenvalue weighted by Crippen LogP contribution is 2.17. The van der Waals surface area contributed by atoms with E-state index in [-0.39, 0.29) is 5.91 Å². The molecule has 0 radical (unpaired) electrons. The van der Waals surface area contributed by atoms with Crippen LogP contribution in [0.15, 0.2) is 54.6 Å². The van der Waals surface area contributed by atoms with Crippen molar-refractivity contribution in [2.45, 2.75) is 6.54 Å². The van der Waals surface area contributed by atoms with Gasteiger partial charge in [-0.05, 0) is 17.7 Å². The third-order valence-electron chi connectivity index (χ3n) is 2.71. The summed E-state index contributed by atoms with van der Waals surface area (Å²) in [6, 6.07) is 17.0. The number of carbonyl (C=O) groups excluding carboxylic acids is 1. The number of hydrogen-bond acceptors (Lipinski definition) is 1. The second-order valence-electron chi connectivity index (χ2n) is 4.13. The average Bonchev–Trinajstić information content (AvgIpc) is 2.39. The number of rotatable bonds is 3. The zero-order valence-corrected chi connectivity index (χ0v) is 10.9. The fourth-order valence-electron chi connectivity index (χ4n) is 1.77. The van der Waals surface area contributed by atoms with Crippen molar-refractivity contribution in [3.8, 4) is 0 Å². The van der Waals surface area contributed by atoms with Crippen LogP contribution in [-0.2, 0) is 6.54 Å². The van der Waals surface area contributed by atoms with Crippen molar-refractivity contribution in [3.05, 3.63) is 70.7 Å². The van der Waals surface area contributed by atoms with E-state index in [1.807, 2.05) is 42.5 Å². The first-order valence-corrected chi connectivity index (χ1v) is 6.10. The highest BCUT2D eigenvalue weighted by Gasteiger charge is 2.14. The number of nitrogens with zero attached hydrogens (tertiary/aromatic N) is 1. The zero-order valence-electron chi connectivity index (χ0n) is 10.1. The molecule has 0 aliphatic heterocycles. The van der Waals surface area contributed by atoms with Crippen molar-refractivity contribution in [1.82, 2.24) is 4.90 Å². The molecular formula is C15H14ClNO. The van der Waals surface area contributed by atoms with Crippen molar-refractivity contribution >= 4 is 17.5 Å². The Hall–Kier alpha value is -1.80. The zero-order chi connectivity index (χ0) is 13.0. The van der Waals surface area contributed by atoms with Gasteiger partial charge < -0.3 is 4.90 Å². The van der Waals surface area contributed by atoms with Crippen LogP contribution in [-0.4, -0.2) is 17.9 Å². The van der Waals surface area contributed by atoms with E-state index >= 15 is 0 Å². The van der Waals surface area contributed by atoms with Crippen LogP contribution in [0.25, 0.3) is 0 Å². The monoisotopic (exact) mass is 259 g/mol. The van der Waals surface area contributed by atoms with Crippen molar-refractivity contribution in [2.24, 2.45) is 0 Å². The second-order valence-corrected chi connectivity index (χ2v) is 4.53. The largest absolute Gasteiger partial charge is 0.337 e. The maximum Gasteiger partial charge on any atom is 0.255 e. The Kier molecular flexibility index (Phi) is 4.00. The highest BCUT2D eigenvalue weighted by molar-refractivity contribution is 6.33. The molecule has 0 spiro atoms. The maximum absolute atomic E-state index is 12.2. The van der Waals surface area contributed by atoms with Gasteiger partial charge in [0.25, 0.3) is 5.91 Å². The Labute approximate surface area is 112 Å². The first kappa shape index (κ1) is 12.7. The first-order chi connectivity index (χ1) is 8.68. The van der Waals surface area contributed by atoms with Crippen molar-refractivity contribution < 1.29 is 4.79 Å². The third-order valence-corrected chi connectivity index (χ3v) is 3.04. The lowest BCUT2D eigenvalue weighted by Crippen LogP contribution is -2.26. The molecule has 2 nitrogen and oxygen atoms in total. The predicted octanol–water partition coefficient (Wildman–Crippen LogP) is 3.61. The van der Waals surface area contributed by atoms with E-state index in [1.54, 1.807) is 24.1 Å². The van der Waals surface area contributed by atoms with Crippen molar-refractivity contribution in [2.75, 3.05) is 7.05 Å². The molecule has 0 N–H and O–H groups in total. The molecule has 0 saturated carbocycles. The first-order valence-electron chi connectivity index (χ1n) is 5.72. The van der Waals surface area contributed by atoms with E-state index < -0.39 is 0 Å². The van der Waals surface area contributed by atoms with Gasteiger partial charge in [0.05, 0.1) is 10.6 Å². The molecule has 2 rings (SSSR count). The molecule has 92 valence electrons. The molecule has 0 atom stereocenters. The summed E-state index contributed by atoms with van der Waals surface area (Å²) in [6.07, 6.45) is 0. The van der Waals surface area contributed by atoms with Crippen LogP contribution in [0.2, 0.25) is 5.02 Å². The van der Waals surface area contributed by atoms with Crippen LogP contribution < -0.4 is 0 Å². The summed E-state index contributed by atoms with van der Waals surface area (Å²) >= 11 is 6.02. The minimum atomic E-state index is -0.0653. The van der Waals surface area contributed by atoms with Crippen molar-refractivity contribution in [3.63, 3.8) is 0 Å². The fraction of sp³-hybridized carbons (Fsp3) is 0.133. The Morgan fingerprint density at radius 3 is 2.33 bits per heavy atom. The Balaban J connectivity index is 2.13. The van der Waals surface area contributed by atoms with Crippen molar-refractivity contribution in [1.29, 1.82) is 0 Å². The van der Waals surface area contributed by atoms with Gasteiger partial charge in [0.15, 0.2) is 0 Å². The molecule has 2 aromatic rings. The van der Waals surface area contributed by atoms with E-state index in [9.17, 15) is 4.79 Å². The molecule has 0 saturated heterocycles. The number of amides is 1. The number of hydrogen-bond donors (Lipinski definition) is 0. The molecule has 0 aliphatic rings. The van der Waals surface area contributed by atoms with Crippen LogP contribution in [0.4, 0.5) is 0 Å². The van der Waals surface area contributed by atoms with Crippen LogP contribution in [0.5, 0.6) is 0 Å². The van der Waals surface area contributed by atoms with E-state index in [1.165, 1.54) is 0 Å². The van der Waals surface area contributed by atoms with Gasteiger partial charge in [0.1, 0.15) is 0 Å². The summed E-state index contributed by atoms with van der Waals surface area (Å²) in [4.78, 5) is 13.9. The van der Waals surface area contributed by atoms with E-state index in [2.05, 4.69) is 0 Å². The summed E-state index contributed by atoms with van der Waals surface area (Å²) < 4.78 is 0. The molecule has 18 heavy (non-hydrogen) atoms. The lowest BCUT2D eigenvalue weighted by atomic mass is 10.1. The second kappa shape index (κ2) is 5.69. The van der Waals surface area contributed by atoms with Crippen LogP contribution in [0, 0.1) is 0 Å². The Bertz CT molecular complexity index is 539. The Morgan fingerprint density at radius 2 is 1.67 bits per heavy atom. The number of halogens is 1. The van der Waals surface area contributed by atoms with Gasteiger partial charge in [-0.2, -0.15) is 0 Å². The van der Waals surface area contributed by atoms with Gasteiger partial charge in [-0.1, -0.05) is 54.1 Å². The van der Waals surface area contributed by atoms with E-state index in [4.69, 9.17) is 11.6 Å². The molecule has 0 aliphatic carbocycles. The van der Waals surface area contributed by atoms with Crippen LogP contribution >= 0.6 is 11.6 Å².